The molecule has 1 aliphatic carbocycles. The van der Waals surface area contributed by atoms with E-state index in [0.29, 0.717) is 6.61 Å². The maximum absolute atomic E-state index is 10.7. The molecule has 1 aromatic carbocycles. The Morgan fingerprint density at radius 2 is 1.74 bits per heavy atom. The zero-order valence-electron chi connectivity index (χ0n) is 17.1. The number of carboxylic acids is 1. The van der Waals surface area contributed by atoms with Gasteiger partial charge in [0, 0.05) is 18.1 Å². The summed E-state index contributed by atoms with van der Waals surface area (Å²) in [5.41, 5.74) is 6.32. The van der Waals surface area contributed by atoms with Crippen molar-refractivity contribution in [1.29, 1.82) is 0 Å². The normalized spacial score (nSPS) is 22.3. The molecule has 3 rings (SSSR count). The van der Waals surface area contributed by atoms with E-state index in [9.17, 15) is 4.79 Å². The molecule has 0 bridgehead atoms. The number of ether oxygens (including phenoxy) is 1. The predicted octanol–water partition coefficient (Wildman–Crippen LogP) is 5.79. The highest BCUT2D eigenvalue weighted by Crippen LogP contribution is 2.49. The van der Waals surface area contributed by atoms with Crippen LogP contribution in [0.1, 0.15) is 70.6 Å². The summed E-state index contributed by atoms with van der Waals surface area (Å²) >= 11 is 0. The van der Waals surface area contributed by atoms with Crippen LogP contribution >= 0.6 is 0 Å². The first-order valence-electron chi connectivity index (χ1n) is 9.71. The number of hydrogen-bond donors (Lipinski definition) is 1. The fourth-order valence-electron chi connectivity index (χ4n) is 4.10. The predicted molar refractivity (Wildman–Crippen MR) is 110 cm³/mol. The van der Waals surface area contributed by atoms with Crippen LogP contribution in [-0.4, -0.2) is 17.7 Å². The second-order valence-corrected chi connectivity index (χ2v) is 9.04. The van der Waals surface area contributed by atoms with Gasteiger partial charge >= 0.3 is 5.97 Å². The lowest BCUT2D eigenvalue weighted by Crippen LogP contribution is -2.34. The summed E-state index contributed by atoms with van der Waals surface area (Å²) in [5.74, 6) is 0.0564. The Balaban J connectivity index is 2.02. The van der Waals surface area contributed by atoms with E-state index >= 15 is 0 Å². The summed E-state index contributed by atoms with van der Waals surface area (Å²) in [5, 5.41) is 8.82. The van der Waals surface area contributed by atoms with Gasteiger partial charge in [0.25, 0.3) is 0 Å². The molecule has 0 atom stereocenters. The Kier molecular flexibility index (Phi) is 5.07. The summed E-state index contributed by atoms with van der Waals surface area (Å²) < 4.78 is 6.01. The largest absolute Gasteiger partial charge is 0.493 e. The molecule has 3 nitrogen and oxygen atoms in total. The number of hydrogen-bond acceptors (Lipinski definition) is 2. The van der Waals surface area contributed by atoms with Crippen molar-refractivity contribution in [1.82, 2.24) is 0 Å². The van der Waals surface area contributed by atoms with Crippen molar-refractivity contribution in [3.8, 4) is 5.75 Å². The molecule has 0 spiro atoms. The Hall–Kier alpha value is -2.29. The molecule has 0 unspecified atom stereocenters. The number of aliphatic carboxylic acids is 1. The monoisotopic (exact) mass is 366 g/mol. The quantitative estimate of drug-likeness (QED) is 0.544. The van der Waals surface area contributed by atoms with Gasteiger partial charge in [0.1, 0.15) is 5.75 Å². The average molecular weight is 367 g/mol. The number of benzene rings is 1. The van der Waals surface area contributed by atoms with E-state index in [1.165, 1.54) is 41.2 Å². The molecule has 1 heterocycles. The lowest BCUT2D eigenvalue weighted by atomic mass is 9.62. The molecule has 1 aliphatic heterocycles. The molecule has 0 saturated carbocycles. The Bertz CT molecular complexity index is 851. The van der Waals surface area contributed by atoms with E-state index in [1.807, 2.05) is 12.2 Å². The second-order valence-electron chi connectivity index (χ2n) is 9.04. The molecule has 0 fully saturated rings. The van der Waals surface area contributed by atoms with Gasteiger partial charge in [-0.1, -0.05) is 45.9 Å². The summed E-state index contributed by atoms with van der Waals surface area (Å²) in [6.45, 7) is 11.8. The van der Waals surface area contributed by atoms with Crippen LogP contribution in [0, 0.1) is 0 Å². The third kappa shape index (κ3) is 4.02. The van der Waals surface area contributed by atoms with Crippen molar-refractivity contribution in [2.75, 3.05) is 6.61 Å². The van der Waals surface area contributed by atoms with E-state index < -0.39 is 5.97 Å². The molecule has 2 aliphatic rings. The van der Waals surface area contributed by atoms with E-state index in [-0.39, 0.29) is 10.8 Å². The van der Waals surface area contributed by atoms with Crippen LogP contribution < -0.4 is 4.74 Å². The number of carbonyl (C=O) groups is 1. The molecule has 1 N–H and O–H groups in total. The van der Waals surface area contributed by atoms with E-state index in [1.54, 1.807) is 6.92 Å². The zero-order valence-corrected chi connectivity index (χ0v) is 17.1. The number of rotatable bonds is 3. The molecule has 0 saturated heterocycles. The molecule has 27 heavy (non-hydrogen) atoms. The maximum Gasteiger partial charge on any atom is 0.328 e. The van der Waals surface area contributed by atoms with Crippen molar-refractivity contribution < 1.29 is 14.6 Å². The standard InChI is InChI=1S/C24H30O3/c1-16(13-22(25)26)7-6-8-17-9-12-27-21-15-20-19(14-18(17)21)23(2,3)10-11-24(20,4)5/h6-8,13-15H,9-12H2,1-5H3,(H,25,26)/b7-6?,16-13-,17-8?. The SMILES string of the molecule is C/C(C=CC=C1CCOc2cc3c(cc21)C(C)(C)CCC3(C)C)=C/C(=O)O. The van der Waals surface area contributed by atoms with Gasteiger partial charge in [-0.05, 0) is 65.0 Å². The third-order valence-corrected chi connectivity index (χ3v) is 5.94. The zero-order chi connectivity index (χ0) is 19.8. The van der Waals surface area contributed by atoms with Gasteiger partial charge in [0.2, 0.25) is 0 Å². The van der Waals surface area contributed by atoms with Crippen molar-refractivity contribution in [2.24, 2.45) is 0 Å². The van der Waals surface area contributed by atoms with E-state index in [0.717, 1.165) is 17.7 Å². The van der Waals surface area contributed by atoms with Crippen molar-refractivity contribution >= 4 is 11.5 Å². The minimum Gasteiger partial charge on any atom is -0.493 e. The number of fused-ring (bicyclic) bond motifs is 2. The fourth-order valence-corrected chi connectivity index (χ4v) is 4.10. The summed E-state index contributed by atoms with van der Waals surface area (Å²) in [6, 6.07) is 4.60. The average Bonchev–Trinajstić information content (AvgIpc) is 2.57. The van der Waals surface area contributed by atoms with Gasteiger partial charge in [0.15, 0.2) is 0 Å². The first-order chi connectivity index (χ1) is 12.6. The molecule has 0 aromatic heterocycles. The lowest BCUT2D eigenvalue weighted by Gasteiger charge is -2.42. The van der Waals surface area contributed by atoms with E-state index in [2.05, 4.69) is 45.9 Å². The first-order valence-corrected chi connectivity index (χ1v) is 9.71. The highest BCUT2D eigenvalue weighted by atomic mass is 16.5. The molecule has 144 valence electrons. The highest BCUT2D eigenvalue weighted by Gasteiger charge is 2.38. The second kappa shape index (κ2) is 7.03. The summed E-state index contributed by atoms with van der Waals surface area (Å²) in [7, 11) is 0. The Morgan fingerprint density at radius 1 is 1.11 bits per heavy atom. The number of carboxylic acid groups (broad SMARTS) is 1. The fraction of sp³-hybridized carbons (Fsp3) is 0.458. The van der Waals surface area contributed by atoms with Crippen LogP contribution in [0.3, 0.4) is 0 Å². The van der Waals surface area contributed by atoms with Crippen LogP contribution in [0.5, 0.6) is 5.75 Å². The smallest absolute Gasteiger partial charge is 0.328 e. The van der Waals surface area contributed by atoms with E-state index in [4.69, 9.17) is 9.84 Å². The third-order valence-electron chi connectivity index (χ3n) is 5.94. The Morgan fingerprint density at radius 3 is 2.37 bits per heavy atom. The highest BCUT2D eigenvalue weighted by molar-refractivity contribution is 5.81. The molecule has 0 radical (unpaired) electrons. The first kappa shape index (κ1) is 19.5. The molecule has 1 aromatic rings. The topological polar surface area (TPSA) is 46.5 Å². The summed E-state index contributed by atoms with van der Waals surface area (Å²) in [4.78, 5) is 10.7. The van der Waals surface area contributed by atoms with Crippen LogP contribution in [0.25, 0.3) is 5.57 Å². The van der Waals surface area contributed by atoms with Gasteiger partial charge in [-0.3, -0.25) is 0 Å². The molecule has 0 amide bonds. The van der Waals surface area contributed by atoms with Crippen molar-refractivity contribution in [3.63, 3.8) is 0 Å². The minimum atomic E-state index is -0.919. The maximum atomic E-state index is 10.7. The van der Waals surface area contributed by atoms with Gasteiger partial charge in [-0.15, -0.1) is 0 Å². The van der Waals surface area contributed by atoms with Crippen LogP contribution in [0.2, 0.25) is 0 Å². The van der Waals surface area contributed by atoms with Crippen molar-refractivity contribution in [3.05, 3.63) is 58.7 Å². The minimum absolute atomic E-state index is 0.166. The Labute approximate surface area is 162 Å². The van der Waals surface area contributed by atoms with Gasteiger partial charge in [-0.2, -0.15) is 0 Å². The number of allylic oxidation sites excluding steroid dienone is 4. The van der Waals surface area contributed by atoms with Crippen LogP contribution in [0.4, 0.5) is 0 Å². The van der Waals surface area contributed by atoms with Crippen LogP contribution in [-0.2, 0) is 15.6 Å². The lowest BCUT2D eigenvalue weighted by molar-refractivity contribution is -0.131. The molecular weight excluding hydrogens is 336 g/mol. The van der Waals surface area contributed by atoms with Gasteiger partial charge in [0.05, 0.1) is 6.61 Å². The van der Waals surface area contributed by atoms with Gasteiger partial charge in [-0.25, -0.2) is 4.79 Å². The van der Waals surface area contributed by atoms with Crippen molar-refractivity contribution in [2.45, 2.75) is 64.7 Å². The van der Waals surface area contributed by atoms with Gasteiger partial charge < -0.3 is 9.84 Å². The van der Waals surface area contributed by atoms with Crippen LogP contribution in [0.15, 0.2) is 42.0 Å². The molecule has 3 heteroatoms. The summed E-state index contributed by atoms with van der Waals surface area (Å²) in [6.07, 6.45) is 10.3. The molecular formula is C24H30O3.